The molecule has 0 heterocycles. The third-order valence-corrected chi connectivity index (χ3v) is 2.50. The Balaban J connectivity index is 0.00000137. The Hall–Kier alpha value is -0.820. The van der Waals surface area contributed by atoms with E-state index in [4.69, 9.17) is 0 Å². The summed E-state index contributed by atoms with van der Waals surface area (Å²) >= 11 is 0. The lowest BCUT2D eigenvalue weighted by atomic mass is 10.1. The monoisotopic (exact) mass is 249 g/mol. The largest absolute Gasteiger partial charge is 0.299 e. The van der Waals surface area contributed by atoms with E-state index in [1.54, 1.807) is 0 Å². The van der Waals surface area contributed by atoms with Gasteiger partial charge in [-0.1, -0.05) is 71.9 Å². The zero-order valence-corrected chi connectivity index (χ0v) is 13.1. The van der Waals surface area contributed by atoms with Gasteiger partial charge in [0, 0.05) is 19.6 Å². The van der Waals surface area contributed by atoms with Crippen molar-refractivity contribution in [1.29, 1.82) is 0 Å². The molecule has 0 radical (unpaired) electrons. The molecule has 0 spiro atoms. The minimum atomic E-state index is 0.738. The second-order valence-electron chi connectivity index (χ2n) is 5.47. The average Bonchev–Trinajstić information content (AvgIpc) is 2.31. The van der Waals surface area contributed by atoms with Gasteiger partial charge in [0.2, 0.25) is 0 Å². The van der Waals surface area contributed by atoms with Crippen molar-refractivity contribution in [3.63, 3.8) is 0 Å². The maximum Gasteiger partial charge on any atom is 0.0233 e. The summed E-state index contributed by atoms with van der Waals surface area (Å²) in [6, 6.07) is 10.8. The van der Waals surface area contributed by atoms with Gasteiger partial charge < -0.3 is 0 Å². The van der Waals surface area contributed by atoms with Crippen LogP contribution in [0.2, 0.25) is 0 Å². The van der Waals surface area contributed by atoms with E-state index in [9.17, 15) is 0 Å². The van der Waals surface area contributed by atoms with Gasteiger partial charge in [-0.15, -0.1) is 0 Å². The van der Waals surface area contributed by atoms with Crippen LogP contribution < -0.4 is 0 Å². The van der Waals surface area contributed by atoms with Crippen molar-refractivity contribution < 1.29 is 0 Å². The Morgan fingerprint density at radius 3 is 1.67 bits per heavy atom. The molecule has 0 aliphatic carbocycles. The lowest BCUT2D eigenvalue weighted by Crippen LogP contribution is -2.30. The van der Waals surface area contributed by atoms with Gasteiger partial charge in [-0.25, -0.2) is 0 Å². The van der Waals surface area contributed by atoms with Crippen molar-refractivity contribution >= 4 is 0 Å². The third kappa shape index (κ3) is 8.30. The molecule has 1 heteroatoms. The summed E-state index contributed by atoms with van der Waals surface area (Å²) in [7, 11) is 0. The quantitative estimate of drug-likeness (QED) is 0.698. The average molecular weight is 249 g/mol. The van der Waals surface area contributed by atoms with Crippen LogP contribution in [-0.4, -0.2) is 18.0 Å². The fraction of sp³-hybridized carbons (Fsp3) is 0.647. The first kappa shape index (κ1) is 17.2. The Morgan fingerprint density at radius 2 is 1.28 bits per heavy atom. The number of hydrogen-bond donors (Lipinski definition) is 0. The first-order chi connectivity index (χ1) is 8.58. The standard InChI is InChI=1S/C15H25N.C2H6/c1-13(2)10-16(11-14(3)4)12-15-8-6-5-7-9-15;1-2/h5-9,13-14H,10-12H2,1-4H3;1-2H3. The molecule has 104 valence electrons. The molecule has 0 unspecified atom stereocenters. The molecule has 0 N–H and O–H groups in total. The summed E-state index contributed by atoms with van der Waals surface area (Å²) in [6.07, 6.45) is 0. The zero-order chi connectivity index (χ0) is 14.0. The normalized spacial score (nSPS) is 10.7. The highest BCUT2D eigenvalue weighted by Crippen LogP contribution is 2.09. The Kier molecular flexibility index (Phi) is 9.67. The predicted octanol–water partition coefficient (Wildman–Crippen LogP) is 4.83. The van der Waals surface area contributed by atoms with Crippen LogP contribution in [0.3, 0.4) is 0 Å². The summed E-state index contributed by atoms with van der Waals surface area (Å²) in [5, 5.41) is 0. The van der Waals surface area contributed by atoms with Crippen molar-refractivity contribution in [3.05, 3.63) is 35.9 Å². The van der Waals surface area contributed by atoms with Crippen LogP contribution in [-0.2, 0) is 6.54 Å². The van der Waals surface area contributed by atoms with Crippen LogP contribution in [0.25, 0.3) is 0 Å². The van der Waals surface area contributed by atoms with Crippen molar-refractivity contribution in [1.82, 2.24) is 4.90 Å². The van der Waals surface area contributed by atoms with E-state index in [-0.39, 0.29) is 0 Å². The van der Waals surface area contributed by atoms with E-state index in [0.717, 1.165) is 18.4 Å². The van der Waals surface area contributed by atoms with Crippen molar-refractivity contribution in [2.45, 2.75) is 48.1 Å². The van der Waals surface area contributed by atoms with Crippen LogP contribution in [0.4, 0.5) is 0 Å². The van der Waals surface area contributed by atoms with E-state index in [1.807, 2.05) is 13.8 Å². The summed E-state index contributed by atoms with van der Waals surface area (Å²) in [6.45, 7) is 16.6. The van der Waals surface area contributed by atoms with Crippen molar-refractivity contribution in [2.24, 2.45) is 11.8 Å². The second kappa shape index (κ2) is 10.1. The fourth-order valence-electron chi connectivity index (χ4n) is 2.08. The van der Waals surface area contributed by atoms with E-state index < -0.39 is 0 Å². The van der Waals surface area contributed by atoms with E-state index in [1.165, 1.54) is 18.7 Å². The molecule has 0 aliphatic rings. The Bertz CT molecular complexity index is 267. The van der Waals surface area contributed by atoms with Gasteiger partial charge in [0.15, 0.2) is 0 Å². The van der Waals surface area contributed by atoms with E-state index in [2.05, 4.69) is 62.9 Å². The van der Waals surface area contributed by atoms with Gasteiger partial charge in [0.05, 0.1) is 0 Å². The molecular weight excluding hydrogens is 218 g/mol. The molecule has 1 aromatic rings. The van der Waals surface area contributed by atoms with Crippen LogP contribution in [0.1, 0.15) is 47.1 Å². The predicted molar refractivity (Wildman–Crippen MR) is 82.7 cm³/mol. The molecule has 0 bridgehead atoms. The van der Waals surface area contributed by atoms with Gasteiger partial charge >= 0.3 is 0 Å². The Labute approximate surface area is 114 Å². The highest BCUT2D eigenvalue weighted by Gasteiger charge is 2.09. The SMILES string of the molecule is CC.CC(C)CN(Cc1ccccc1)CC(C)C. The van der Waals surface area contributed by atoms with Crippen LogP contribution in [0, 0.1) is 11.8 Å². The third-order valence-electron chi connectivity index (χ3n) is 2.50. The summed E-state index contributed by atoms with van der Waals surface area (Å²) in [5.41, 5.74) is 1.42. The van der Waals surface area contributed by atoms with Crippen molar-refractivity contribution in [3.8, 4) is 0 Å². The molecule has 0 saturated carbocycles. The molecule has 0 aliphatic heterocycles. The molecule has 0 amide bonds. The van der Waals surface area contributed by atoms with Gasteiger partial charge in [-0.3, -0.25) is 4.90 Å². The number of nitrogens with zero attached hydrogens (tertiary/aromatic N) is 1. The highest BCUT2D eigenvalue weighted by molar-refractivity contribution is 5.14. The van der Waals surface area contributed by atoms with Crippen LogP contribution in [0.5, 0.6) is 0 Å². The summed E-state index contributed by atoms with van der Waals surface area (Å²) in [4.78, 5) is 2.56. The fourth-order valence-corrected chi connectivity index (χ4v) is 2.08. The topological polar surface area (TPSA) is 3.24 Å². The van der Waals surface area contributed by atoms with Crippen molar-refractivity contribution in [2.75, 3.05) is 13.1 Å². The maximum absolute atomic E-state index is 2.56. The Morgan fingerprint density at radius 1 is 0.833 bits per heavy atom. The van der Waals surface area contributed by atoms with E-state index >= 15 is 0 Å². The lowest BCUT2D eigenvalue weighted by Gasteiger charge is -2.26. The summed E-state index contributed by atoms with van der Waals surface area (Å²) < 4.78 is 0. The van der Waals surface area contributed by atoms with Crippen LogP contribution in [0.15, 0.2) is 30.3 Å². The highest BCUT2D eigenvalue weighted by atomic mass is 15.1. The minimum absolute atomic E-state index is 0.738. The second-order valence-corrected chi connectivity index (χ2v) is 5.47. The van der Waals surface area contributed by atoms with Crippen LogP contribution >= 0.6 is 0 Å². The maximum atomic E-state index is 2.56. The van der Waals surface area contributed by atoms with Gasteiger partial charge in [-0.05, 0) is 17.4 Å². The minimum Gasteiger partial charge on any atom is -0.299 e. The first-order valence-corrected chi connectivity index (χ1v) is 7.34. The van der Waals surface area contributed by atoms with Gasteiger partial charge in [0.25, 0.3) is 0 Å². The van der Waals surface area contributed by atoms with E-state index in [0.29, 0.717) is 0 Å². The zero-order valence-electron chi connectivity index (χ0n) is 13.1. The number of rotatable bonds is 6. The molecule has 0 fully saturated rings. The van der Waals surface area contributed by atoms with Gasteiger partial charge in [-0.2, -0.15) is 0 Å². The molecular formula is C17H31N. The molecule has 1 nitrogen and oxygen atoms in total. The molecule has 18 heavy (non-hydrogen) atoms. The summed E-state index contributed by atoms with van der Waals surface area (Å²) in [5.74, 6) is 1.48. The molecule has 1 aromatic carbocycles. The lowest BCUT2D eigenvalue weighted by molar-refractivity contribution is 0.211. The molecule has 0 atom stereocenters. The molecule has 1 rings (SSSR count). The molecule has 0 saturated heterocycles. The molecule has 0 aromatic heterocycles. The smallest absolute Gasteiger partial charge is 0.0233 e. The number of benzene rings is 1. The van der Waals surface area contributed by atoms with Gasteiger partial charge in [0.1, 0.15) is 0 Å². The number of hydrogen-bond acceptors (Lipinski definition) is 1. The first-order valence-electron chi connectivity index (χ1n) is 7.34.